The van der Waals surface area contributed by atoms with Crippen LogP contribution in [0.4, 0.5) is 5.69 Å². The molecule has 1 aromatic heterocycles. The van der Waals surface area contributed by atoms with Crippen LogP contribution in [-0.4, -0.2) is 21.0 Å². The van der Waals surface area contributed by atoms with Crippen molar-refractivity contribution in [2.24, 2.45) is 0 Å². The van der Waals surface area contributed by atoms with Crippen LogP contribution in [0.2, 0.25) is 5.02 Å². The number of ether oxygens (including phenoxy) is 1. The first kappa shape index (κ1) is 17.8. The first-order valence-corrected chi connectivity index (χ1v) is 9.58. The van der Waals surface area contributed by atoms with Gasteiger partial charge in [-0.05, 0) is 35.6 Å². The van der Waals surface area contributed by atoms with E-state index < -0.39 is 10.0 Å². The van der Waals surface area contributed by atoms with Gasteiger partial charge >= 0.3 is 5.97 Å². The molecule has 2 aromatic rings. The maximum atomic E-state index is 12.6. The lowest BCUT2D eigenvalue weighted by Gasteiger charge is -2.12. The van der Waals surface area contributed by atoms with Crippen LogP contribution in [-0.2, 0) is 26.0 Å². The van der Waals surface area contributed by atoms with Crippen LogP contribution in [0.1, 0.15) is 18.1 Å². The van der Waals surface area contributed by atoms with Crippen LogP contribution < -0.4 is 4.72 Å². The van der Waals surface area contributed by atoms with Crippen molar-refractivity contribution in [1.29, 1.82) is 0 Å². The van der Waals surface area contributed by atoms with Gasteiger partial charge in [0.1, 0.15) is 0 Å². The second-order valence-electron chi connectivity index (χ2n) is 4.87. The highest BCUT2D eigenvalue weighted by atomic mass is 35.5. The molecule has 1 heterocycles. The lowest BCUT2D eigenvalue weighted by atomic mass is 10.2. The number of nitrogens with one attached hydrogen (secondary N) is 1. The van der Waals surface area contributed by atoms with E-state index in [0.717, 1.165) is 5.56 Å². The van der Waals surface area contributed by atoms with Gasteiger partial charge in [-0.15, -0.1) is 11.3 Å². The van der Waals surface area contributed by atoms with E-state index in [1.807, 2.05) is 5.38 Å². The van der Waals surface area contributed by atoms with Crippen molar-refractivity contribution in [3.05, 3.63) is 45.1 Å². The topological polar surface area (TPSA) is 72.5 Å². The van der Waals surface area contributed by atoms with Gasteiger partial charge < -0.3 is 4.74 Å². The molecule has 5 nitrogen and oxygen atoms in total. The van der Waals surface area contributed by atoms with E-state index in [0.29, 0.717) is 22.7 Å². The van der Waals surface area contributed by atoms with E-state index in [2.05, 4.69) is 4.72 Å². The Labute approximate surface area is 144 Å². The predicted octanol–water partition coefficient (Wildman–Crippen LogP) is 3.62. The minimum absolute atomic E-state index is 0.141. The molecule has 1 aromatic carbocycles. The lowest BCUT2D eigenvalue weighted by Crippen LogP contribution is -2.15. The summed E-state index contributed by atoms with van der Waals surface area (Å²) in [6, 6.07) is 4.75. The van der Waals surface area contributed by atoms with Gasteiger partial charge in [0, 0.05) is 23.7 Å². The van der Waals surface area contributed by atoms with E-state index in [9.17, 15) is 13.2 Å². The second kappa shape index (κ2) is 7.33. The van der Waals surface area contributed by atoms with Crippen molar-refractivity contribution in [3.8, 4) is 0 Å². The Bertz CT molecular complexity index is 815. The minimum atomic E-state index is -3.74. The number of hydrogen-bond acceptors (Lipinski definition) is 5. The standard InChI is InChI=1S/C15H16ClNO4S2/c1-10-13(16)4-3-5-15(10)23(19,20)17-14-9-22-8-12(14)6-7-21-11(2)18/h3-5,8-9,17H,6-7H2,1-2H3. The van der Waals surface area contributed by atoms with E-state index in [-0.39, 0.29) is 17.5 Å². The zero-order valence-corrected chi connectivity index (χ0v) is 15.0. The average molecular weight is 374 g/mol. The molecule has 0 unspecified atom stereocenters. The minimum Gasteiger partial charge on any atom is -0.466 e. The molecule has 0 spiro atoms. The number of thiophene rings is 1. The van der Waals surface area contributed by atoms with Crippen LogP contribution in [0.5, 0.6) is 0 Å². The fourth-order valence-electron chi connectivity index (χ4n) is 1.99. The van der Waals surface area contributed by atoms with E-state index in [1.54, 1.807) is 24.4 Å². The lowest BCUT2D eigenvalue weighted by molar-refractivity contribution is -0.140. The van der Waals surface area contributed by atoms with Crippen LogP contribution in [0, 0.1) is 6.92 Å². The van der Waals surface area contributed by atoms with Crippen LogP contribution in [0.15, 0.2) is 33.9 Å². The van der Waals surface area contributed by atoms with Gasteiger partial charge in [-0.3, -0.25) is 9.52 Å². The smallest absolute Gasteiger partial charge is 0.302 e. The Morgan fingerprint density at radius 1 is 1.35 bits per heavy atom. The first-order valence-electron chi connectivity index (χ1n) is 6.77. The number of sulfonamides is 1. The average Bonchev–Trinajstić information content (AvgIpc) is 2.88. The molecule has 2 rings (SSSR count). The summed E-state index contributed by atoms with van der Waals surface area (Å²) in [7, 11) is -3.74. The third-order valence-corrected chi connectivity index (χ3v) is 5.88. The third-order valence-electron chi connectivity index (χ3n) is 3.17. The van der Waals surface area contributed by atoms with Crippen molar-refractivity contribution in [1.82, 2.24) is 0 Å². The third kappa shape index (κ3) is 4.46. The molecule has 0 aliphatic carbocycles. The number of hydrogen-bond donors (Lipinski definition) is 1. The van der Waals surface area contributed by atoms with Gasteiger partial charge in [-0.1, -0.05) is 17.7 Å². The van der Waals surface area contributed by atoms with E-state index in [1.165, 1.54) is 24.3 Å². The van der Waals surface area contributed by atoms with E-state index in [4.69, 9.17) is 16.3 Å². The highest BCUT2D eigenvalue weighted by Gasteiger charge is 2.20. The molecule has 0 saturated carbocycles. The number of carbonyl (C=O) groups is 1. The summed E-state index contributed by atoms with van der Waals surface area (Å²) in [6.45, 7) is 3.20. The monoisotopic (exact) mass is 373 g/mol. The summed E-state index contributed by atoms with van der Waals surface area (Å²) in [6.07, 6.45) is 0.440. The zero-order chi connectivity index (χ0) is 17.0. The van der Waals surface area contributed by atoms with Crippen molar-refractivity contribution in [2.45, 2.75) is 25.2 Å². The van der Waals surface area contributed by atoms with Crippen molar-refractivity contribution < 1.29 is 17.9 Å². The molecule has 0 amide bonds. The fourth-order valence-corrected chi connectivity index (χ4v) is 4.48. The first-order chi connectivity index (χ1) is 10.8. The maximum absolute atomic E-state index is 12.6. The molecule has 0 atom stereocenters. The van der Waals surface area contributed by atoms with Crippen molar-refractivity contribution >= 4 is 44.6 Å². The van der Waals surface area contributed by atoms with Gasteiger partial charge in [0.05, 0.1) is 17.2 Å². The molecular weight excluding hydrogens is 358 g/mol. The Hall–Kier alpha value is -1.57. The number of halogens is 1. The van der Waals surface area contributed by atoms with Crippen LogP contribution in [0.25, 0.3) is 0 Å². The summed E-state index contributed by atoms with van der Waals surface area (Å²) < 4.78 is 32.6. The number of esters is 1. The second-order valence-corrected chi connectivity index (χ2v) is 7.67. The summed E-state index contributed by atoms with van der Waals surface area (Å²) in [5.41, 5.74) is 1.76. The largest absolute Gasteiger partial charge is 0.466 e. The summed E-state index contributed by atoms with van der Waals surface area (Å²) >= 11 is 7.37. The number of benzene rings is 1. The molecule has 0 fully saturated rings. The molecule has 0 saturated heterocycles. The highest BCUT2D eigenvalue weighted by Crippen LogP contribution is 2.28. The number of rotatable bonds is 6. The summed E-state index contributed by atoms with van der Waals surface area (Å²) in [4.78, 5) is 10.9. The predicted molar refractivity (Wildman–Crippen MR) is 91.7 cm³/mol. The van der Waals surface area contributed by atoms with Gasteiger partial charge in [-0.25, -0.2) is 8.42 Å². The quantitative estimate of drug-likeness (QED) is 0.785. The Balaban J connectivity index is 2.20. The van der Waals surface area contributed by atoms with Gasteiger partial charge in [0.2, 0.25) is 0 Å². The van der Waals surface area contributed by atoms with Crippen molar-refractivity contribution in [2.75, 3.05) is 11.3 Å². The van der Waals surface area contributed by atoms with Gasteiger partial charge in [-0.2, -0.15) is 0 Å². The number of anilines is 1. The SMILES string of the molecule is CC(=O)OCCc1cscc1NS(=O)(=O)c1cccc(Cl)c1C. The van der Waals surface area contributed by atoms with Crippen LogP contribution >= 0.6 is 22.9 Å². The van der Waals surface area contributed by atoms with Crippen molar-refractivity contribution in [3.63, 3.8) is 0 Å². The van der Waals surface area contributed by atoms with Gasteiger partial charge in [0.15, 0.2) is 0 Å². The molecule has 0 aliphatic rings. The summed E-state index contributed by atoms with van der Waals surface area (Å²) in [5, 5.41) is 3.93. The number of carbonyl (C=O) groups excluding carboxylic acids is 1. The molecule has 0 bridgehead atoms. The molecular formula is C15H16ClNO4S2. The Morgan fingerprint density at radius 2 is 2.09 bits per heavy atom. The Kier molecular flexibility index (Phi) is 5.67. The molecule has 23 heavy (non-hydrogen) atoms. The molecule has 0 radical (unpaired) electrons. The highest BCUT2D eigenvalue weighted by molar-refractivity contribution is 7.92. The Morgan fingerprint density at radius 3 is 2.78 bits per heavy atom. The van der Waals surface area contributed by atoms with Gasteiger partial charge in [0.25, 0.3) is 10.0 Å². The molecule has 1 N–H and O–H groups in total. The summed E-state index contributed by atoms with van der Waals surface area (Å²) in [5.74, 6) is -0.364. The van der Waals surface area contributed by atoms with E-state index >= 15 is 0 Å². The normalized spacial score (nSPS) is 11.3. The molecule has 0 aliphatic heterocycles. The zero-order valence-electron chi connectivity index (χ0n) is 12.6. The molecule has 8 heteroatoms. The molecule has 124 valence electrons. The fraction of sp³-hybridized carbons (Fsp3) is 0.267. The maximum Gasteiger partial charge on any atom is 0.302 e. The van der Waals surface area contributed by atoms with Crippen LogP contribution in [0.3, 0.4) is 0 Å².